The molecule has 1 saturated heterocycles. The standard InChI is InChI=1S/C16H23N7O/c1-21(12-15-18-4-2-5-19-15)14-3-8-23(11-14)16(24)20-7-10-22-9-6-17-13-22/h2,4-6,9,13-14H,3,7-8,10-12H2,1H3,(H,20,24). The van der Waals surface area contributed by atoms with Crippen LogP contribution in [-0.4, -0.2) is 68.1 Å². The molecule has 0 spiro atoms. The van der Waals surface area contributed by atoms with Crippen molar-refractivity contribution in [3.8, 4) is 0 Å². The van der Waals surface area contributed by atoms with Crippen molar-refractivity contribution < 1.29 is 4.79 Å². The lowest BCUT2D eigenvalue weighted by Crippen LogP contribution is -2.42. The molecule has 0 bridgehead atoms. The smallest absolute Gasteiger partial charge is 0.317 e. The summed E-state index contributed by atoms with van der Waals surface area (Å²) < 4.78 is 1.95. The van der Waals surface area contributed by atoms with E-state index in [0.29, 0.717) is 19.1 Å². The van der Waals surface area contributed by atoms with Crippen LogP contribution < -0.4 is 5.32 Å². The van der Waals surface area contributed by atoms with E-state index in [1.165, 1.54) is 0 Å². The van der Waals surface area contributed by atoms with Crippen LogP contribution in [0.4, 0.5) is 4.79 Å². The lowest BCUT2D eigenvalue weighted by atomic mass is 10.2. The molecule has 0 aliphatic carbocycles. The average molecular weight is 329 g/mol. The van der Waals surface area contributed by atoms with Gasteiger partial charge in [-0.3, -0.25) is 4.90 Å². The van der Waals surface area contributed by atoms with E-state index in [1.807, 2.05) is 21.7 Å². The Bertz CT molecular complexity index is 631. The van der Waals surface area contributed by atoms with Gasteiger partial charge in [0.15, 0.2) is 0 Å². The molecule has 2 aromatic rings. The Hall–Kier alpha value is -2.48. The molecule has 3 rings (SSSR count). The van der Waals surface area contributed by atoms with Crippen LogP contribution in [0.15, 0.2) is 37.2 Å². The van der Waals surface area contributed by atoms with Crippen LogP contribution in [0, 0.1) is 0 Å². The Balaban J connectivity index is 1.41. The number of likely N-dealkylation sites (N-methyl/N-ethyl adjacent to an activating group) is 1. The molecular formula is C16H23N7O. The maximum atomic E-state index is 12.2. The van der Waals surface area contributed by atoms with Gasteiger partial charge in [-0.2, -0.15) is 0 Å². The summed E-state index contributed by atoms with van der Waals surface area (Å²) in [5.41, 5.74) is 0. The van der Waals surface area contributed by atoms with E-state index in [2.05, 4.69) is 32.2 Å². The zero-order valence-electron chi connectivity index (χ0n) is 13.9. The van der Waals surface area contributed by atoms with Crippen LogP contribution in [0.2, 0.25) is 0 Å². The molecule has 1 fully saturated rings. The topological polar surface area (TPSA) is 79.2 Å². The van der Waals surface area contributed by atoms with Crippen LogP contribution in [0.5, 0.6) is 0 Å². The number of carbonyl (C=O) groups is 1. The summed E-state index contributed by atoms with van der Waals surface area (Å²) >= 11 is 0. The van der Waals surface area contributed by atoms with Gasteiger partial charge in [-0.25, -0.2) is 19.7 Å². The predicted molar refractivity (Wildman–Crippen MR) is 89.1 cm³/mol. The van der Waals surface area contributed by atoms with Gasteiger partial charge in [0.05, 0.1) is 12.9 Å². The third-order valence-corrected chi connectivity index (χ3v) is 4.29. The normalized spacial score (nSPS) is 17.4. The molecule has 1 atom stereocenters. The van der Waals surface area contributed by atoms with Crippen molar-refractivity contribution in [3.63, 3.8) is 0 Å². The highest BCUT2D eigenvalue weighted by atomic mass is 16.2. The van der Waals surface area contributed by atoms with Crippen LogP contribution in [0.25, 0.3) is 0 Å². The maximum absolute atomic E-state index is 12.2. The summed E-state index contributed by atoms with van der Waals surface area (Å²) in [7, 11) is 2.06. The molecule has 0 aromatic carbocycles. The fraction of sp³-hybridized carbons (Fsp3) is 0.500. The largest absolute Gasteiger partial charge is 0.336 e. The van der Waals surface area contributed by atoms with E-state index < -0.39 is 0 Å². The van der Waals surface area contributed by atoms with Gasteiger partial charge >= 0.3 is 6.03 Å². The highest BCUT2D eigenvalue weighted by molar-refractivity contribution is 5.74. The molecule has 8 heteroatoms. The van der Waals surface area contributed by atoms with Gasteiger partial charge in [0.1, 0.15) is 5.82 Å². The predicted octanol–water partition coefficient (Wildman–Crippen LogP) is 0.589. The zero-order valence-corrected chi connectivity index (χ0v) is 13.9. The minimum absolute atomic E-state index is 0.00183. The molecule has 2 aromatic heterocycles. The first-order valence-corrected chi connectivity index (χ1v) is 8.17. The number of aromatic nitrogens is 4. The maximum Gasteiger partial charge on any atom is 0.317 e. The van der Waals surface area contributed by atoms with E-state index in [4.69, 9.17) is 0 Å². The number of nitrogens with zero attached hydrogens (tertiary/aromatic N) is 6. The van der Waals surface area contributed by atoms with Crippen molar-refractivity contribution in [1.82, 2.24) is 34.6 Å². The first kappa shape index (κ1) is 16.4. The summed E-state index contributed by atoms with van der Waals surface area (Å²) in [6.07, 6.45) is 9.85. The lowest BCUT2D eigenvalue weighted by Gasteiger charge is -2.24. The van der Waals surface area contributed by atoms with Crippen LogP contribution in [0.3, 0.4) is 0 Å². The summed E-state index contributed by atoms with van der Waals surface area (Å²) in [6, 6.07) is 2.16. The van der Waals surface area contributed by atoms with Gasteiger partial charge in [0.25, 0.3) is 0 Å². The number of rotatable bonds is 6. The minimum atomic E-state index is 0.00183. The monoisotopic (exact) mass is 329 g/mol. The third-order valence-electron chi connectivity index (χ3n) is 4.29. The van der Waals surface area contributed by atoms with E-state index in [9.17, 15) is 4.79 Å². The van der Waals surface area contributed by atoms with Crippen LogP contribution in [-0.2, 0) is 13.1 Å². The molecule has 2 amide bonds. The van der Waals surface area contributed by atoms with Gasteiger partial charge < -0.3 is 14.8 Å². The molecule has 0 saturated carbocycles. The summed E-state index contributed by atoms with van der Waals surface area (Å²) in [5.74, 6) is 0.809. The molecule has 1 N–H and O–H groups in total. The molecule has 3 heterocycles. The van der Waals surface area contributed by atoms with Crippen molar-refractivity contribution in [2.75, 3.05) is 26.7 Å². The van der Waals surface area contributed by atoms with Gasteiger partial charge in [0.2, 0.25) is 0 Å². The second-order valence-electron chi connectivity index (χ2n) is 6.00. The molecule has 8 nitrogen and oxygen atoms in total. The number of urea groups is 1. The number of carbonyl (C=O) groups excluding carboxylic acids is 1. The number of nitrogens with one attached hydrogen (secondary N) is 1. The highest BCUT2D eigenvalue weighted by Crippen LogP contribution is 2.15. The number of likely N-dealkylation sites (tertiary alicyclic amines) is 1. The van der Waals surface area contributed by atoms with Gasteiger partial charge in [-0.05, 0) is 19.5 Å². The Morgan fingerprint density at radius 1 is 1.38 bits per heavy atom. The lowest BCUT2D eigenvalue weighted by molar-refractivity contribution is 0.196. The molecular weight excluding hydrogens is 306 g/mol. The molecule has 24 heavy (non-hydrogen) atoms. The Morgan fingerprint density at radius 3 is 2.96 bits per heavy atom. The van der Waals surface area contributed by atoms with Gasteiger partial charge in [-0.15, -0.1) is 0 Å². The van der Waals surface area contributed by atoms with Crippen LogP contribution >= 0.6 is 0 Å². The van der Waals surface area contributed by atoms with Gasteiger partial charge in [0, 0.05) is 57.0 Å². The van der Waals surface area contributed by atoms with Crippen LogP contribution in [0.1, 0.15) is 12.2 Å². The van der Waals surface area contributed by atoms with Crippen molar-refractivity contribution in [1.29, 1.82) is 0 Å². The summed E-state index contributed by atoms with van der Waals surface area (Å²) in [5, 5.41) is 2.97. The number of hydrogen-bond acceptors (Lipinski definition) is 5. The number of hydrogen-bond donors (Lipinski definition) is 1. The molecule has 128 valence electrons. The third kappa shape index (κ3) is 4.29. The van der Waals surface area contributed by atoms with Crippen molar-refractivity contribution in [3.05, 3.63) is 43.0 Å². The van der Waals surface area contributed by atoms with E-state index in [-0.39, 0.29) is 6.03 Å². The molecule has 1 aliphatic heterocycles. The Kier molecular flexibility index (Phi) is 5.37. The van der Waals surface area contributed by atoms with E-state index >= 15 is 0 Å². The van der Waals surface area contributed by atoms with Crippen molar-refractivity contribution >= 4 is 6.03 Å². The zero-order chi connectivity index (χ0) is 16.8. The van der Waals surface area contributed by atoms with Gasteiger partial charge in [-0.1, -0.05) is 0 Å². The Morgan fingerprint density at radius 2 is 2.21 bits per heavy atom. The Labute approximate surface area is 141 Å². The average Bonchev–Trinajstić information content (AvgIpc) is 3.27. The van der Waals surface area contributed by atoms with Crippen molar-refractivity contribution in [2.45, 2.75) is 25.6 Å². The molecule has 1 unspecified atom stereocenters. The van der Waals surface area contributed by atoms with E-state index in [0.717, 1.165) is 31.9 Å². The first-order chi connectivity index (χ1) is 11.7. The number of amides is 2. The van der Waals surface area contributed by atoms with E-state index in [1.54, 1.807) is 24.9 Å². The fourth-order valence-electron chi connectivity index (χ4n) is 2.87. The molecule has 1 aliphatic rings. The summed E-state index contributed by atoms with van der Waals surface area (Å²) in [6.45, 7) is 3.54. The SMILES string of the molecule is CN(Cc1ncccn1)C1CCN(C(=O)NCCn2ccnc2)C1. The summed E-state index contributed by atoms with van der Waals surface area (Å²) in [4.78, 5) is 28.8. The first-order valence-electron chi connectivity index (χ1n) is 8.17. The highest BCUT2D eigenvalue weighted by Gasteiger charge is 2.28. The molecule has 0 radical (unpaired) electrons. The number of imidazole rings is 1. The second-order valence-corrected chi connectivity index (χ2v) is 6.00. The quantitative estimate of drug-likeness (QED) is 0.839. The minimum Gasteiger partial charge on any atom is -0.336 e. The fourth-order valence-corrected chi connectivity index (χ4v) is 2.87. The van der Waals surface area contributed by atoms with Crippen molar-refractivity contribution in [2.24, 2.45) is 0 Å². The second kappa shape index (κ2) is 7.87.